The van der Waals surface area contributed by atoms with Crippen molar-refractivity contribution >= 4 is 28.8 Å². The van der Waals surface area contributed by atoms with Crippen LogP contribution < -0.4 is 10.4 Å². The molecule has 0 aliphatic carbocycles. The first-order valence-electron chi connectivity index (χ1n) is 16.9. The van der Waals surface area contributed by atoms with E-state index in [0.717, 1.165) is 35.2 Å². The van der Waals surface area contributed by atoms with Crippen molar-refractivity contribution in [3.8, 4) is 0 Å². The zero-order valence-electron chi connectivity index (χ0n) is 28.2. The highest BCUT2D eigenvalue weighted by atomic mass is 32.2. The second-order valence-electron chi connectivity index (χ2n) is 13.4. The zero-order chi connectivity index (χ0) is 32.8. The SMILES string of the molecule is CCCCCCCCCCCC[C@@H](O[Si](c1ccccc1)(c1ccccc1)C(C)(C)C)[C@H](O)COS(=O)(=O)c1ccc(C)cc1. The van der Waals surface area contributed by atoms with Crippen LogP contribution in [0.15, 0.2) is 89.8 Å². The molecule has 5 nitrogen and oxygen atoms in total. The summed E-state index contributed by atoms with van der Waals surface area (Å²) in [6, 6.07) is 27.3. The average molecular weight is 653 g/mol. The van der Waals surface area contributed by atoms with E-state index < -0.39 is 30.6 Å². The number of aliphatic hydroxyl groups excluding tert-OH is 1. The second kappa shape index (κ2) is 18.1. The molecular weight excluding hydrogens is 597 g/mol. The predicted molar refractivity (Wildman–Crippen MR) is 189 cm³/mol. The summed E-state index contributed by atoms with van der Waals surface area (Å²) in [4.78, 5) is 0.0828. The molecule has 3 aromatic rings. The number of aliphatic hydroxyl groups is 1. The monoisotopic (exact) mass is 652 g/mol. The van der Waals surface area contributed by atoms with Gasteiger partial charge in [-0.05, 0) is 40.9 Å². The van der Waals surface area contributed by atoms with E-state index >= 15 is 0 Å². The first-order valence-corrected chi connectivity index (χ1v) is 20.3. The lowest BCUT2D eigenvalue weighted by molar-refractivity contribution is -0.00247. The van der Waals surface area contributed by atoms with Crippen LogP contribution in [0.1, 0.15) is 104 Å². The number of aryl methyl sites for hydroxylation is 1. The lowest BCUT2D eigenvalue weighted by Gasteiger charge is -2.46. The minimum atomic E-state index is -4.03. The number of rotatable bonds is 20. The summed E-state index contributed by atoms with van der Waals surface area (Å²) in [6.07, 6.45) is 11.0. The number of benzene rings is 3. The smallest absolute Gasteiger partial charge is 0.297 e. The molecule has 0 unspecified atom stereocenters. The van der Waals surface area contributed by atoms with Crippen LogP contribution >= 0.6 is 0 Å². The predicted octanol–water partition coefficient (Wildman–Crippen LogP) is 8.32. The van der Waals surface area contributed by atoms with Crippen LogP contribution in [-0.2, 0) is 18.7 Å². The molecule has 0 fully saturated rings. The molecule has 0 bridgehead atoms. The van der Waals surface area contributed by atoms with Gasteiger partial charge >= 0.3 is 0 Å². The Balaban J connectivity index is 1.83. The van der Waals surface area contributed by atoms with Gasteiger partial charge in [-0.3, -0.25) is 4.18 Å². The van der Waals surface area contributed by atoms with Gasteiger partial charge in [-0.25, -0.2) is 0 Å². The minimum absolute atomic E-state index is 0.0828. The summed E-state index contributed by atoms with van der Waals surface area (Å²) in [6.45, 7) is 10.4. The summed E-state index contributed by atoms with van der Waals surface area (Å²) in [7, 11) is -7.01. The minimum Gasteiger partial charge on any atom is -0.402 e. The standard InChI is InChI=1S/C38H56O5SSi/c1-6-7-8-9-10-11-12-13-14-21-26-37(36(39)31-42-44(40,41)33-29-27-32(2)28-30-33)43-45(38(3,4)5,34-22-17-15-18-23-34)35-24-19-16-20-25-35/h15-20,22-25,27-30,36-37,39H,6-14,21,26,31H2,1-5H3/t36-,37-/m1/s1. The lowest BCUT2D eigenvalue weighted by Crippen LogP contribution is -2.68. The van der Waals surface area contributed by atoms with Crippen LogP contribution in [0.25, 0.3) is 0 Å². The third kappa shape index (κ3) is 10.9. The van der Waals surface area contributed by atoms with Crippen molar-refractivity contribution in [2.75, 3.05) is 6.61 Å². The van der Waals surface area contributed by atoms with Gasteiger partial charge in [0.25, 0.3) is 18.4 Å². The Hall–Kier alpha value is -2.29. The van der Waals surface area contributed by atoms with Gasteiger partial charge in [-0.1, -0.05) is 170 Å². The molecule has 1 N–H and O–H groups in total. The Morgan fingerprint density at radius 1 is 0.711 bits per heavy atom. The van der Waals surface area contributed by atoms with Crippen molar-refractivity contribution in [3.63, 3.8) is 0 Å². The van der Waals surface area contributed by atoms with Gasteiger partial charge in [0, 0.05) is 0 Å². The van der Waals surface area contributed by atoms with Crippen molar-refractivity contribution in [2.24, 2.45) is 0 Å². The number of hydrogen-bond donors (Lipinski definition) is 1. The fraction of sp³-hybridized carbons (Fsp3) is 0.526. The summed E-state index contributed by atoms with van der Waals surface area (Å²) in [5.41, 5.74) is 0.962. The molecule has 0 spiro atoms. The van der Waals surface area contributed by atoms with E-state index in [1.54, 1.807) is 12.1 Å². The number of hydrogen-bond acceptors (Lipinski definition) is 5. The molecule has 2 atom stereocenters. The normalized spacial score (nSPS) is 13.9. The fourth-order valence-electron chi connectivity index (χ4n) is 6.12. The lowest BCUT2D eigenvalue weighted by atomic mass is 10.0. The van der Waals surface area contributed by atoms with Gasteiger partial charge in [0.1, 0.15) is 6.10 Å². The van der Waals surface area contributed by atoms with Crippen molar-refractivity contribution in [1.29, 1.82) is 0 Å². The quantitative estimate of drug-likeness (QED) is 0.0755. The zero-order valence-corrected chi connectivity index (χ0v) is 30.0. The Labute approximate surface area is 274 Å². The molecule has 0 saturated heterocycles. The van der Waals surface area contributed by atoms with E-state index in [1.165, 1.54) is 57.1 Å². The molecule has 45 heavy (non-hydrogen) atoms. The van der Waals surface area contributed by atoms with Crippen LogP contribution in [-0.4, -0.2) is 40.7 Å². The molecule has 0 amide bonds. The fourth-order valence-corrected chi connectivity index (χ4v) is 11.8. The highest BCUT2D eigenvalue weighted by Crippen LogP contribution is 2.38. The van der Waals surface area contributed by atoms with E-state index in [-0.39, 0.29) is 16.5 Å². The molecule has 248 valence electrons. The van der Waals surface area contributed by atoms with Gasteiger partial charge in [-0.15, -0.1) is 0 Å². The topological polar surface area (TPSA) is 72.8 Å². The van der Waals surface area contributed by atoms with Crippen molar-refractivity contribution in [2.45, 2.75) is 127 Å². The molecule has 0 heterocycles. The summed E-state index contributed by atoms with van der Waals surface area (Å²) < 4.78 is 38.9. The van der Waals surface area contributed by atoms with Gasteiger partial charge in [0.15, 0.2) is 0 Å². The Morgan fingerprint density at radius 2 is 1.18 bits per heavy atom. The van der Waals surface area contributed by atoms with Crippen LogP contribution in [0.5, 0.6) is 0 Å². The first-order chi connectivity index (χ1) is 21.5. The molecule has 0 saturated carbocycles. The highest BCUT2D eigenvalue weighted by molar-refractivity contribution is 7.86. The summed E-state index contributed by atoms with van der Waals surface area (Å²) in [5.74, 6) is 0. The molecule has 3 aromatic carbocycles. The van der Waals surface area contributed by atoms with E-state index in [0.29, 0.717) is 6.42 Å². The van der Waals surface area contributed by atoms with Gasteiger partial charge in [0.05, 0.1) is 17.6 Å². The Kier molecular flexibility index (Phi) is 15.0. The van der Waals surface area contributed by atoms with Crippen LogP contribution in [0, 0.1) is 6.92 Å². The van der Waals surface area contributed by atoms with Gasteiger partial charge in [-0.2, -0.15) is 8.42 Å². The maximum atomic E-state index is 13.0. The van der Waals surface area contributed by atoms with Crippen molar-refractivity contribution < 1.29 is 22.1 Å². The summed E-state index contributed by atoms with van der Waals surface area (Å²) >= 11 is 0. The average Bonchev–Trinajstić information content (AvgIpc) is 3.03. The third-order valence-electron chi connectivity index (χ3n) is 8.72. The summed E-state index contributed by atoms with van der Waals surface area (Å²) in [5, 5.41) is 13.6. The van der Waals surface area contributed by atoms with E-state index in [1.807, 2.05) is 43.3 Å². The van der Waals surface area contributed by atoms with Gasteiger partial charge in [0.2, 0.25) is 0 Å². The maximum Gasteiger partial charge on any atom is 0.297 e. The molecule has 3 rings (SSSR count). The third-order valence-corrected chi connectivity index (χ3v) is 15.1. The van der Waals surface area contributed by atoms with E-state index in [2.05, 4.69) is 52.0 Å². The van der Waals surface area contributed by atoms with Crippen LogP contribution in [0.2, 0.25) is 5.04 Å². The Morgan fingerprint density at radius 3 is 1.64 bits per heavy atom. The van der Waals surface area contributed by atoms with E-state index in [9.17, 15) is 13.5 Å². The molecule has 0 aromatic heterocycles. The molecular formula is C38H56O5SSi. The molecule has 7 heteroatoms. The molecule has 0 aliphatic heterocycles. The van der Waals surface area contributed by atoms with E-state index in [4.69, 9.17) is 8.61 Å². The largest absolute Gasteiger partial charge is 0.402 e. The second-order valence-corrected chi connectivity index (χ2v) is 19.3. The first kappa shape index (κ1) is 37.2. The Bertz CT molecular complexity index is 1300. The van der Waals surface area contributed by atoms with Crippen molar-refractivity contribution in [1.82, 2.24) is 0 Å². The molecule has 0 aliphatic rings. The van der Waals surface area contributed by atoms with Crippen molar-refractivity contribution in [3.05, 3.63) is 90.5 Å². The van der Waals surface area contributed by atoms with Crippen LogP contribution in [0.4, 0.5) is 0 Å². The van der Waals surface area contributed by atoms with Crippen LogP contribution in [0.3, 0.4) is 0 Å². The van der Waals surface area contributed by atoms with Gasteiger partial charge < -0.3 is 9.53 Å². The highest BCUT2D eigenvalue weighted by Gasteiger charge is 2.52. The number of unbranched alkanes of at least 4 members (excludes halogenated alkanes) is 9. The molecule has 0 radical (unpaired) electrons. The maximum absolute atomic E-state index is 13.0.